The minimum absolute atomic E-state index is 0.0448. The number of likely N-dealkylation sites (tertiary alicyclic amines) is 1. The van der Waals surface area contributed by atoms with Crippen LogP contribution in [-0.4, -0.2) is 37.7 Å². The normalized spacial score (nSPS) is 20.2. The zero-order valence-electron chi connectivity index (χ0n) is 17.2. The first-order valence-electron chi connectivity index (χ1n) is 9.98. The summed E-state index contributed by atoms with van der Waals surface area (Å²) in [5.74, 6) is 1.04. The van der Waals surface area contributed by atoms with Crippen molar-refractivity contribution >= 4 is 17.1 Å². The predicted molar refractivity (Wildman–Crippen MR) is 106 cm³/mol. The van der Waals surface area contributed by atoms with Crippen LogP contribution in [0, 0.1) is 11.8 Å². The van der Waals surface area contributed by atoms with Crippen molar-refractivity contribution < 1.29 is 9.69 Å². The first-order chi connectivity index (χ1) is 13.2. The van der Waals surface area contributed by atoms with Gasteiger partial charge in [0.05, 0.1) is 13.1 Å². The molecule has 0 aromatic carbocycles. The van der Waals surface area contributed by atoms with Crippen LogP contribution in [0.2, 0.25) is 0 Å². The van der Waals surface area contributed by atoms with Gasteiger partial charge >= 0.3 is 5.69 Å². The molecule has 0 aliphatic carbocycles. The van der Waals surface area contributed by atoms with Gasteiger partial charge in [-0.15, -0.1) is 0 Å². The van der Waals surface area contributed by atoms with E-state index in [0.29, 0.717) is 30.2 Å². The van der Waals surface area contributed by atoms with Gasteiger partial charge in [-0.2, -0.15) is 0 Å². The number of imidazole rings is 1. The molecule has 2 aromatic heterocycles. The lowest BCUT2D eigenvalue weighted by Gasteiger charge is -2.27. The molecule has 1 amide bonds. The molecule has 9 heteroatoms. The van der Waals surface area contributed by atoms with E-state index in [4.69, 9.17) is 10.7 Å². The topological polar surface area (TPSA) is 109 Å². The summed E-state index contributed by atoms with van der Waals surface area (Å²) in [7, 11) is 3.16. The van der Waals surface area contributed by atoms with E-state index in [-0.39, 0.29) is 23.1 Å². The number of rotatable bonds is 6. The van der Waals surface area contributed by atoms with E-state index in [9.17, 15) is 14.4 Å². The highest BCUT2D eigenvalue weighted by Crippen LogP contribution is 2.14. The van der Waals surface area contributed by atoms with E-state index in [1.54, 1.807) is 7.05 Å². The number of nitrogens with zero attached hydrogens (tertiary/aromatic N) is 4. The molecule has 3 rings (SSSR count). The summed E-state index contributed by atoms with van der Waals surface area (Å²) >= 11 is 0. The maximum absolute atomic E-state index is 12.8. The monoisotopic (exact) mass is 391 g/mol. The van der Waals surface area contributed by atoms with Crippen molar-refractivity contribution in [1.29, 1.82) is 0 Å². The molecule has 1 saturated heterocycles. The molecule has 0 radical (unpaired) electrons. The van der Waals surface area contributed by atoms with Gasteiger partial charge in [0.15, 0.2) is 17.0 Å². The molecule has 0 atom stereocenters. The average Bonchev–Trinajstić information content (AvgIpc) is 3.01. The maximum Gasteiger partial charge on any atom is 0.332 e. The van der Waals surface area contributed by atoms with Crippen molar-refractivity contribution in [3.8, 4) is 0 Å². The second-order valence-electron chi connectivity index (χ2n) is 8.34. The van der Waals surface area contributed by atoms with Crippen LogP contribution < -0.4 is 21.9 Å². The van der Waals surface area contributed by atoms with Crippen LogP contribution >= 0.6 is 0 Å². The van der Waals surface area contributed by atoms with E-state index >= 15 is 0 Å². The first kappa shape index (κ1) is 20.3. The number of aromatic nitrogens is 4. The molecule has 0 saturated carbocycles. The van der Waals surface area contributed by atoms with Gasteiger partial charge in [-0.1, -0.05) is 13.8 Å². The lowest BCUT2D eigenvalue weighted by molar-refractivity contribution is -0.920. The molecule has 1 aliphatic rings. The van der Waals surface area contributed by atoms with Crippen molar-refractivity contribution in [2.24, 2.45) is 31.7 Å². The Bertz CT molecular complexity index is 992. The van der Waals surface area contributed by atoms with Crippen molar-refractivity contribution in [3.63, 3.8) is 0 Å². The summed E-state index contributed by atoms with van der Waals surface area (Å²) < 4.78 is 4.58. The quantitative estimate of drug-likeness (QED) is 0.642. The number of fused-ring (bicyclic) bond motifs is 1. The average molecular weight is 391 g/mol. The van der Waals surface area contributed by atoms with Crippen LogP contribution in [0.15, 0.2) is 9.59 Å². The second-order valence-corrected chi connectivity index (χ2v) is 8.34. The summed E-state index contributed by atoms with van der Waals surface area (Å²) in [5.41, 5.74) is 5.70. The molecule has 3 N–H and O–H groups in total. The number of piperidine rings is 1. The Morgan fingerprint density at radius 3 is 2.43 bits per heavy atom. The summed E-state index contributed by atoms with van der Waals surface area (Å²) in [5, 5.41) is 0. The molecular formula is C19H31N6O3+. The largest absolute Gasteiger partial charge is 0.369 e. The number of carbonyl (C=O) groups is 1. The Morgan fingerprint density at radius 2 is 1.86 bits per heavy atom. The van der Waals surface area contributed by atoms with Gasteiger partial charge in [0, 0.05) is 39.4 Å². The fraction of sp³-hybridized carbons (Fsp3) is 0.684. The highest BCUT2D eigenvalue weighted by Gasteiger charge is 2.28. The van der Waals surface area contributed by atoms with Crippen LogP contribution in [0.5, 0.6) is 0 Å². The molecular weight excluding hydrogens is 360 g/mol. The summed E-state index contributed by atoms with van der Waals surface area (Å²) in [4.78, 5) is 42.6. The number of primary amides is 1. The maximum atomic E-state index is 12.8. The van der Waals surface area contributed by atoms with Gasteiger partial charge in [0.1, 0.15) is 6.54 Å². The zero-order chi connectivity index (χ0) is 20.6. The number of nitrogens with one attached hydrogen (secondary N) is 1. The number of amides is 1. The van der Waals surface area contributed by atoms with Crippen LogP contribution in [0.3, 0.4) is 0 Å². The Balaban J connectivity index is 1.99. The highest BCUT2D eigenvalue weighted by atomic mass is 16.2. The molecule has 1 aliphatic heterocycles. The fourth-order valence-corrected chi connectivity index (χ4v) is 3.97. The molecule has 154 valence electrons. The molecule has 3 heterocycles. The standard InChI is InChI=1S/C19H30N6O3/c1-12(2)5-10-25-14(11-24-8-6-13(7-9-24)16(20)26)21-17-15(25)18(27)23(4)19(28)22(17)3/h12-13H,5-11H2,1-4H3,(H2,20,26)/p+1. The van der Waals surface area contributed by atoms with E-state index < -0.39 is 0 Å². The molecule has 9 nitrogen and oxygen atoms in total. The summed E-state index contributed by atoms with van der Waals surface area (Å²) in [6.07, 6.45) is 2.47. The number of nitrogens with two attached hydrogens (primary N) is 1. The third-order valence-corrected chi connectivity index (χ3v) is 5.86. The van der Waals surface area contributed by atoms with Gasteiger partial charge in [-0.05, 0) is 12.3 Å². The molecule has 2 aromatic rings. The van der Waals surface area contributed by atoms with Crippen molar-refractivity contribution in [2.75, 3.05) is 13.1 Å². The van der Waals surface area contributed by atoms with Gasteiger partial charge in [-0.3, -0.25) is 18.7 Å². The number of aryl methyl sites for hydroxylation is 2. The number of carbonyl (C=O) groups excluding carboxylic acids is 1. The number of hydrogen-bond donors (Lipinski definition) is 2. The Morgan fingerprint density at radius 1 is 1.21 bits per heavy atom. The fourth-order valence-electron chi connectivity index (χ4n) is 3.97. The van der Waals surface area contributed by atoms with E-state index in [1.165, 1.54) is 16.5 Å². The Labute approximate surface area is 163 Å². The SMILES string of the molecule is CC(C)CCn1c(C[NH+]2CCC(C(N)=O)CC2)nc2c1c(=O)n(C)c(=O)n2C. The van der Waals surface area contributed by atoms with Gasteiger partial charge in [0.25, 0.3) is 5.56 Å². The molecule has 28 heavy (non-hydrogen) atoms. The lowest BCUT2D eigenvalue weighted by Crippen LogP contribution is -3.12. The molecule has 0 unspecified atom stereocenters. The van der Waals surface area contributed by atoms with E-state index in [2.05, 4.69) is 13.8 Å². The molecule has 0 bridgehead atoms. The Hall–Kier alpha value is -2.42. The number of quaternary nitrogens is 1. The van der Waals surface area contributed by atoms with Crippen molar-refractivity contribution in [1.82, 2.24) is 18.7 Å². The van der Waals surface area contributed by atoms with E-state index in [0.717, 1.165) is 42.7 Å². The number of hydrogen-bond acceptors (Lipinski definition) is 4. The molecule has 1 fully saturated rings. The van der Waals surface area contributed by atoms with Crippen LogP contribution in [0.4, 0.5) is 0 Å². The summed E-state index contributed by atoms with van der Waals surface area (Å²) in [6, 6.07) is 0. The third kappa shape index (κ3) is 3.76. The van der Waals surface area contributed by atoms with Gasteiger partial charge in [-0.25, -0.2) is 9.78 Å². The van der Waals surface area contributed by atoms with E-state index in [1.807, 2.05) is 4.57 Å². The second kappa shape index (κ2) is 7.90. The smallest absolute Gasteiger partial charge is 0.332 e. The zero-order valence-corrected chi connectivity index (χ0v) is 17.2. The minimum Gasteiger partial charge on any atom is -0.369 e. The van der Waals surface area contributed by atoms with Crippen LogP contribution in [0.25, 0.3) is 11.2 Å². The lowest BCUT2D eigenvalue weighted by atomic mass is 9.96. The third-order valence-electron chi connectivity index (χ3n) is 5.86. The minimum atomic E-state index is -0.368. The van der Waals surface area contributed by atoms with Gasteiger partial charge in [0.2, 0.25) is 5.91 Å². The van der Waals surface area contributed by atoms with Crippen LogP contribution in [0.1, 0.15) is 38.9 Å². The molecule has 0 spiro atoms. The Kier molecular flexibility index (Phi) is 5.74. The van der Waals surface area contributed by atoms with Crippen LogP contribution in [-0.2, 0) is 32.0 Å². The highest BCUT2D eigenvalue weighted by molar-refractivity contribution is 5.76. The van der Waals surface area contributed by atoms with Gasteiger partial charge < -0.3 is 15.2 Å². The predicted octanol–water partition coefficient (Wildman–Crippen LogP) is -1.24. The summed E-state index contributed by atoms with van der Waals surface area (Å²) in [6.45, 7) is 7.33. The van der Waals surface area contributed by atoms with Crippen molar-refractivity contribution in [3.05, 3.63) is 26.7 Å². The van der Waals surface area contributed by atoms with Crippen molar-refractivity contribution in [2.45, 2.75) is 46.2 Å². The first-order valence-corrected chi connectivity index (χ1v) is 9.98.